The van der Waals surface area contributed by atoms with Crippen molar-refractivity contribution in [2.45, 2.75) is 31.5 Å². The van der Waals surface area contributed by atoms with Crippen LogP contribution in [0.4, 0.5) is 26.3 Å². The van der Waals surface area contributed by atoms with Crippen LogP contribution in [-0.4, -0.2) is 42.8 Å². The number of rotatable bonds is 2. The fraction of sp³-hybridized carbons (Fsp3) is 0.875. The van der Waals surface area contributed by atoms with Gasteiger partial charge in [0.25, 0.3) is 0 Å². The molecule has 0 radical (unpaired) electrons. The fourth-order valence-corrected chi connectivity index (χ4v) is 1.40. The number of hydroxylamine groups is 2. The summed E-state index contributed by atoms with van der Waals surface area (Å²) in [6, 6.07) is 0. The zero-order chi connectivity index (χ0) is 14.0. The highest BCUT2D eigenvalue weighted by Crippen LogP contribution is 2.25. The maximum absolute atomic E-state index is 11.8. The normalized spacial score (nSPS) is 19.9. The smallest absolute Gasteiger partial charge is 0.361 e. The summed E-state index contributed by atoms with van der Waals surface area (Å²) in [4.78, 5) is 14.4. The van der Waals surface area contributed by atoms with E-state index in [1.165, 1.54) is 0 Å². The first-order valence-corrected chi connectivity index (χ1v) is 4.86. The summed E-state index contributed by atoms with van der Waals surface area (Å²) >= 11 is 0. The van der Waals surface area contributed by atoms with Crippen molar-refractivity contribution < 1.29 is 40.7 Å². The molecular weight excluding hydrogens is 272 g/mol. The Morgan fingerprint density at radius 2 is 1.56 bits per heavy atom. The molecule has 10 heteroatoms. The first-order chi connectivity index (χ1) is 8.08. The van der Waals surface area contributed by atoms with Crippen LogP contribution in [0.5, 0.6) is 0 Å². The lowest BCUT2D eigenvalue weighted by molar-refractivity contribution is -0.349. The van der Waals surface area contributed by atoms with Crippen molar-refractivity contribution in [2.24, 2.45) is 0 Å². The van der Waals surface area contributed by atoms with E-state index in [1.54, 1.807) is 0 Å². The van der Waals surface area contributed by atoms with Gasteiger partial charge in [0.05, 0.1) is 6.10 Å². The molecule has 0 aromatic carbocycles. The van der Waals surface area contributed by atoms with Crippen molar-refractivity contribution in [1.29, 1.82) is 0 Å². The van der Waals surface area contributed by atoms with E-state index in [2.05, 4.69) is 9.57 Å². The molecule has 0 saturated carbocycles. The Labute approximate surface area is 97.4 Å². The van der Waals surface area contributed by atoms with Crippen molar-refractivity contribution in [1.82, 2.24) is 5.06 Å². The number of hydrogen-bond donors (Lipinski definition) is 0. The van der Waals surface area contributed by atoms with Gasteiger partial charge >= 0.3 is 18.5 Å². The van der Waals surface area contributed by atoms with Crippen molar-refractivity contribution in [3.05, 3.63) is 0 Å². The van der Waals surface area contributed by atoms with Crippen LogP contribution in [0.2, 0.25) is 0 Å². The lowest BCUT2D eigenvalue weighted by atomic mass is 10.1. The molecule has 1 aliphatic rings. The molecule has 0 bridgehead atoms. The third-order valence-electron chi connectivity index (χ3n) is 2.14. The molecule has 0 aromatic rings. The lowest BCUT2D eigenvalue weighted by Gasteiger charge is -2.30. The van der Waals surface area contributed by atoms with Crippen LogP contribution in [-0.2, 0) is 14.4 Å². The summed E-state index contributed by atoms with van der Waals surface area (Å²) in [6.07, 6.45) is -11.4. The SMILES string of the molecule is O=C(ON1CCC(OC(F)(F)F)CC1)C(F)(F)F. The van der Waals surface area contributed by atoms with Crippen LogP contribution in [0.1, 0.15) is 12.8 Å². The van der Waals surface area contributed by atoms with E-state index in [9.17, 15) is 31.1 Å². The van der Waals surface area contributed by atoms with E-state index in [0.717, 1.165) is 0 Å². The average molecular weight is 281 g/mol. The maximum atomic E-state index is 11.8. The van der Waals surface area contributed by atoms with Crippen LogP contribution in [0.15, 0.2) is 0 Å². The number of piperidine rings is 1. The van der Waals surface area contributed by atoms with Gasteiger partial charge in [-0.05, 0) is 12.8 Å². The monoisotopic (exact) mass is 281 g/mol. The minimum atomic E-state index is -5.13. The van der Waals surface area contributed by atoms with Crippen LogP contribution in [0, 0.1) is 0 Å². The molecule has 0 spiro atoms. The highest BCUT2D eigenvalue weighted by atomic mass is 19.4. The third kappa shape index (κ3) is 5.08. The topological polar surface area (TPSA) is 38.8 Å². The summed E-state index contributed by atoms with van der Waals surface area (Å²) in [5, 5.41) is 0.673. The molecule has 1 aliphatic heterocycles. The lowest BCUT2D eigenvalue weighted by Crippen LogP contribution is -2.42. The Hall–Kier alpha value is -1.03. The van der Waals surface area contributed by atoms with Crippen LogP contribution >= 0.6 is 0 Å². The molecular formula is C8H9F6NO3. The van der Waals surface area contributed by atoms with Crippen LogP contribution < -0.4 is 0 Å². The number of ether oxygens (including phenoxy) is 1. The zero-order valence-corrected chi connectivity index (χ0v) is 8.85. The minimum Gasteiger partial charge on any atom is -0.361 e. The highest BCUT2D eigenvalue weighted by Gasteiger charge is 2.43. The predicted molar refractivity (Wildman–Crippen MR) is 43.9 cm³/mol. The number of hydrogen-bond acceptors (Lipinski definition) is 4. The van der Waals surface area contributed by atoms with Gasteiger partial charge in [-0.15, -0.1) is 18.2 Å². The number of carbonyl (C=O) groups excluding carboxylic acids is 1. The van der Waals surface area contributed by atoms with Crippen LogP contribution in [0.25, 0.3) is 0 Å². The second-order valence-corrected chi connectivity index (χ2v) is 3.57. The van der Waals surface area contributed by atoms with Crippen molar-refractivity contribution in [3.8, 4) is 0 Å². The zero-order valence-electron chi connectivity index (χ0n) is 8.85. The van der Waals surface area contributed by atoms with Gasteiger partial charge in [0, 0.05) is 13.1 Å². The molecule has 18 heavy (non-hydrogen) atoms. The number of halogens is 6. The van der Waals surface area contributed by atoms with E-state index in [4.69, 9.17) is 0 Å². The van der Waals surface area contributed by atoms with E-state index >= 15 is 0 Å². The summed E-state index contributed by atoms with van der Waals surface area (Å²) in [7, 11) is 0. The quantitative estimate of drug-likeness (QED) is 0.726. The van der Waals surface area contributed by atoms with Gasteiger partial charge in [0.1, 0.15) is 0 Å². The highest BCUT2D eigenvalue weighted by molar-refractivity contribution is 5.75. The molecule has 0 unspecified atom stereocenters. The molecule has 4 nitrogen and oxygen atoms in total. The summed E-state index contributed by atoms with van der Waals surface area (Å²) < 4.78 is 74.7. The average Bonchev–Trinajstić information content (AvgIpc) is 2.17. The van der Waals surface area contributed by atoms with E-state index in [0.29, 0.717) is 5.06 Å². The van der Waals surface area contributed by atoms with Crippen molar-refractivity contribution >= 4 is 5.97 Å². The van der Waals surface area contributed by atoms with Gasteiger partial charge in [-0.3, -0.25) is 4.74 Å². The predicted octanol–water partition coefficient (Wildman–Crippen LogP) is 2.01. The van der Waals surface area contributed by atoms with E-state index in [1.807, 2.05) is 0 Å². The molecule has 1 heterocycles. The Morgan fingerprint density at radius 1 is 1.06 bits per heavy atom. The van der Waals surface area contributed by atoms with Crippen molar-refractivity contribution in [3.63, 3.8) is 0 Å². The molecule has 0 amide bonds. The van der Waals surface area contributed by atoms with Gasteiger partial charge in [-0.1, -0.05) is 0 Å². The molecule has 1 fully saturated rings. The first kappa shape index (κ1) is 15.0. The van der Waals surface area contributed by atoms with Gasteiger partial charge < -0.3 is 4.84 Å². The Kier molecular flexibility index (Phi) is 4.43. The first-order valence-electron chi connectivity index (χ1n) is 4.86. The number of nitrogens with zero attached hydrogens (tertiary/aromatic N) is 1. The number of alkyl halides is 6. The Bertz CT molecular complexity index is 294. The van der Waals surface area contributed by atoms with Crippen molar-refractivity contribution in [2.75, 3.05) is 13.1 Å². The van der Waals surface area contributed by atoms with Crippen LogP contribution in [0.3, 0.4) is 0 Å². The van der Waals surface area contributed by atoms with E-state index < -0.39 is 24.6 Å². The number of carbonyl (C=O) groups is 1. The molecule has 0 aromatic heterocycles. The molecule has 0 atom stereocenters. The third-order valence-corrected chi connectivity index (χ3v) is 2.14. The van der Waals surface area contributed by atoms with E-state index in [-0.39, 0.29) is 25.9 Å². The van der Waals surface area contributed by atoms with Gasteiger partial charge in [-0.25, -0.2) is 4.79 Å². The van der Waals surface area contributed by atoms with Gasteiger partial charge in [-0.2, -0.15) is 13.2 Å². The molecule has 1 rings (SSSR count). The molecule has 106 valence electrons. The molecule has 0 N–H and O–H groups in total. The largest absolute Gasteiger partial charge is 0.522 e. The second-order valence-electron chi connectivity index (χ2n) is 3.57. The minimum absolute atomic E-state index is 0.176. The molecule has 1 saturated heterocycles. The summed E-state index contributed by atoms with van der Waals surface area (Å²) in [5.41, 5.74) is 0. The summed E-state index contributed by atoms with van der Waals surface area (Å²) in [5.74, 6) is -2.39. The Morgan fingerprint density at radius 3 is 1.94 bits per heavy atom. The summed E-state index contributed by atoms with van der Waals surface area (Å²) in [6.45, 7) is -0.495. The maximum Gasteiger partial charge on any atom is 0.522 e. The van der Waals surface area contributed by atoms with Gasteiger partial charge in [0.2, 0.25) is 0 Å². The fourth-order valence-electron chi connectivity index (χ4n) is 1.40. The second kappa shape index (κ2) is 5.31. The Balaban J connectivity index is 2.34. The standard InChI is InChI=1S/C8H9F6NO3/c9-7(10,11)6(16)18-15-3-1-5(2-4-15)17-8(12,13)14/h5H,1-4H2. The van der Waals surface area contributed by atoms with Gasteiger partial charge in [0.15, 0.2) is 0 Å². The molecule has 0 aliphatic carbocycles.